The normalized spacial score (nSPS) is 12.4. The van der Waals surface area contributed by atoms with Crippen LogP contribution in [-0.2, 0) is 0 Å². The highest BCUT2D eigenvalue weighted by molar-refractivity contribution is 5.33. The predicted octanol–water partition coefficient (Wildman–Crippen LogP) is 3.01. The first-order valence-electron chi connectivity index (χ1n) is 6.46. The molecular weight excluding hydrogens is 241 g/mol. The molecule has 1 unspecified atom stereocenters. The fraction of sp³-hybridized carbons (Fsp3) is 0.333. The molecule has 0 saturated carbocycles. The third-order valence-electron chi connectivity index (χ3n) is 3.05. The number of nitrogens with one attached hydrogen (secondary N) is 1. The van der Waals surface area contributed by atoms with E-state index in [2.05, 4.69) is 22.2 Å². The smallest absolute Gasteiger partial charge is 0.141 e. The summed E-state index contributed by atoms with van der Waals surface area (Å²) < 4.78 is 13.4. The topological polar surface area (TPSA) is 37.8 Å². The van der Waals surface area contributed by atoms with Crippen molar-refractivity contribution in [2.45, 2.75) is 26.3 Å². The maximum atomic E-state index is 13.4. The van der Waals surface area contributed by atoms with Crippen LogP contribution in [0.1, 0.15) is 36.1 Å². The number of aromatic nitrogens is 2. The quantitative estimate of drug-likeness (QED) is 0.897. The molecule has 19 heavy (non-hydrogen) atoms. The number of hydrogen-bond donors (Lipinski definition) is 1. The second-order valence-corrected chi connectivity index (χ2v) is 4.56. The molecule has 0 fully saturated rings. The summed E-state index contributed by atoms with van der Waals surface area (Å²) in [6.07, 6.45) is 7.52. The highest BCUT2D eigenvalue weighted by Crippen LogP contribution is 2.24. The molecule has 0 radical (unpaired) electrons. The second-order valence-electron chi connectivity index (χ2n) is 4.56. The molecule has 2 aromatic heterocycles. The lowest BCUT2D eigenvalue weighted by molar-refractivity contribution is 0.577. The summed E-state index contributed by atoms with van der Waals surface area (Å²) in [5.74, 6) is -0.317. The summed E-state index contributed by atoms with van der Waals surface area (Å²) in [4.78, 5) is 8.10. The van der Waals surface area contributed by atoms with Gasteiger partial charge < -0.3 is 5.32 Å². The molecule has 0 aromatic carbocycles. The van der Waals surface area contributed by atoms with Crippen LogP contribution in [0.2, 0.25) is 0 Å². The summed E-state index contributed by atoms with van der Waals surface area (Å²) in [6.45, 7) is 4.99. The van der Waals surface area contributed by atoms with Gasteiger partial charge in [-0.2, -0.15) is 0 Å². The summed E-state index contributed by atoms with van der Waals surface area (Å²) in [7, 11) is 0. The lowest BCUT2D eigenvalue weighted by Gasteiger charge is -2.20. The van der Waals surface area contributed by atoms with Crippen molar-refractivity contribution in [1.29, 1.82) is 0 Å². The van der Waals surface area contributed by atoms with Crippen molar-refractivity contribution in [2.24, 2.45) is 0 Å². The van der Waals surface area contributed by atoms with Crippen LogP contribution in [0, 0.1) is 12.7 Å². The molecular formula is C15H18FN3. The number of hydrogen-bond acceptors (Lipinski definition) is 3. The molecule has 0 bridgehead atoms. The highest BCUT2D eigenvalue weighted by Gasteiger charge is 2.16. The van der Waals surface area contributed by atoms with Crippen LogP contribution in [0.15, 0.2) is 36.9 Å². The summed E-state index contributed by atoms with van der Waals surface area (Å²) in [5, 5.41) is 3.42. The van der Waals surface area contributed by atoms with E-state index >= 15 is 0 Å². The molecule has 0 spiro atoms. The first-order valence-corrected chi connectivity index (χ1v) is 6.46. The molecule has 3 nitrogen and oxygen atoms in total. The Bertz CT molecular complexity index is 542. The van der Waals surface area contributed by atoms with E-state index in [4.69, 9.17) is 0 Å². The predicted molar refractivity (Wildman–Crippen MR) is 73.3 cm³/mol. The molecule has 0 aliphatic carbocycles. The number of halogens is 1. The molecule has 0 amide bonds. The van der Waals surface area contributed by atoms with Gasteiger partial charge in [0.2, 0.25) is 0 Å². The number of aryl methyl sites for hydroxylation is 1. The van der Waals surface area contributed by atoms with E-state index in [1.165, 1.54) is 12.3 Å². The highest BCUT2D eigenvalue weighted by atomic mass is 19.1. The SMILES string of the molecule is CCCNC(c1cncc(F)c1)c1cnccc1C. The minimum atomic E-state index is -0.317. The molecule has 1 N–H and O–H groups in total. The monoisotopic (exact) mass is 259 g/mol. The molecule has 100 valence electrons. The maximum absolute atomic E-state index is 13.4. The maximum Gasteiger partial charge on any atom is 0.141 e. The first kappa shape index (κ1) is 13.6. The molecule has 4 heteroatoms. The van der Waals surface area contributed by atoms with Crippen LogP contribution in [0.5, 0.6) is 0 Å². The Hall–Kier alpha value is -1.81. The first-order chi connectivity index (χ1) is 9.22. The van der Waals surface area contributed by atoms with Crippen LogP contribution in [0.3, 0.4) is 0 Å². The zero-order valence-corrected chi connectivity index (χ0v) is 11.2. The van der Waals surface area contributed by atoms with E-state index in [9.17, 15) is 4.39 Å². The van der Waals surface area contributed by atoms with Crippen LogP contribution >= 0.6 is 0 Å². The molecule has 2 aromatic rings. The summed E-state index contributed by atoms with van der Waals surface area (Å²) >= 11 is 0. The van der Waals surface area contributed by atoms with Gasteiger partial charge in [0, 0.05) is 18.6 Å². The molecule has 2 heterocycles. The van der Waals surface area contributed by atoms with Crippen LogP contribution in [-0.4, -0.2) is 16.5 Å². The molecule has 0 aliphatic rings. The number of pyridine rings is 2. The van der Waals surface area contributed by atoms with Crippen molar-refractivity contribution in [3.05, 3.63) is 59.4 Å². The number of rotatable bonds is 5. The third kappa shape index (κ3) is 3.35. The summed E-state index contributed by atoms with van der Waals surface area (Å²) in [5.41, 5.74) is 3.01. The van der Waals surface area contributed by atoms with Gasteiger partial charge in [0.05, 0.1) is 12.2 Å². The van der Waals surface area contributed by atoms with Crippen LogP contribution in [0.4, 0.5) is 4.39 Å². The van der Waals surface area contributed by atoms with Crippen molar-refractivity contribution in [2.75, 3.05) is 6.54 Å². The largest absolute Gasteiger partial charge is 0.306 e. The van der Waals surface area contributed by atoms with E-state index in [0.717, 1.165) is 29.7 Å². The van der Waals surface area contributed by atoms with Gasteiger partial charge in [0.25, 0.3) is 0 Å². The molecule has 1 atom stereocenters. The van der Waals surface area contributed by atoms with Crippen molar-refractivity contribution in [1.82, 2.24) is 15.3 Å². The lowest BCUT2D eigenvalue weighted by Crippen LogP contribution is -2.24. The van der Waals surface area contributed by atoms with Crippen molar-refractivity contribution in [3.63, 3.8) is 0 Å². The van der Waals surface area contributed by atoms with Crippen LogP contribution in [0.25, 0.3) is 0 Å². The van der Waals surface area contributed by atoms with E-state index < -0.39 is 0 Å². The average Bonchev–Trinajstić information content (AvgIpc) is 2.41. The van der Waals surface area contributed by atoms with Gasteiger partial charge in [0.1, 0.15) is 5.82 Å². The Morgan fingerprint density at radius 1 is 1.26 bits per heavy atom. The minimum Gasteiger partial charge on any atom is -0.306 e. The fourth-order valence-electron chi connectivity index (χ4n) is 2.06. The van der Waals surface area contributed by atoms with E-state index in [1.54, 1.807) is 12.4 Å². The van der Waals surface area contributed by atoms with E-state index in [-0.39, 0.29) is 11.9 Å². The van der Waals surface area contributed by atoms with Gasteiger partial charge in [-0.3, -0.25) is 9.97 Å². The molecule has 0 aliphatic heterocycles. The summed E-state index contributed by atoms with van der Waals surface area (Å²) in [6, 6.07) is 3.41. The lowest BCUT2D eigenvalue weighted by atomic mass is 9.98. The molecule has 0 saturated heterocycles. The number of nitrogens with zero attached hydrogens (tertiary/aromatic N) is 2. The van der Waals surface area contributed by atoms with Gasteiger partial charge in [-0.1, -0.05) is 6.92 Å². The van der Waals surface area contributed by atoms with Gasteiger partial charge in [-0.25, -0.2) is 4.39 Å². The average molecular weight is 259 g/mol. The Balaban J connectivity index is 2.38. The standard InChI is InChI=1S/C15H18FN3/c1-3-5-19-15(12-7-13(16)9-18-8-12)14-10-17-6-4-11(14)2/h4,6-10,15,19H,3,5H2,1-2H3. The molecule has 2 rings (SSSR count). The fourth-order valence-corrected chi connectivity index (χ4v) is 2.06. The van der Waals surface area contributed by atoms with Crippen LogP contribution < -0.4 is 5.32 Å². The van der Waals surface area contributed by atoms with Gasteiger partial charge >= 0.3 is 0 Å². The zero-order valence-electron chi connectivity index (χ0n) is 11.2. The Morgan fingerprint density at radius 2 is 2.11 bits per heavy atom. The zero-order chi connectivity index (χ0) is 13.7. The van der Waals surface area contributed by atoms with Crippen molar-refractivity contribution in [3.8, 4) is 0 Å². The van der Waals surface area contributed by atoms with Crippen molar-refractivity contribution >= 4 is 0 Å². The Morgan fingerprint density at radius 3 is 2.79 bits per heavy atom. The van der Waals surface area contributed by atoms with E-state index in [1.807, 2.05) is 19.2 Å². The minimum absolute atomic E-state index is 0.0724. The Labute approximate surface area is 112 Å². The second kappa shape index (κ2) is 6.38. The Kier molecular flexibility index (Phi) is 4.58. The van der Waals surface area contributed by atoms with Gasteiger partial charge in [-0.15, -0.1) is 0 Å². The van der Waals surface area contributed by atoms with Gasteiger partial charge in [0.15, 0.2) is 0 Å². The van der Waals surface area contributed by atoms with Gasteiger partial charge in [-0.05, 0) is 48.7 Å². The third-order valence-corrected chi connectivity index (χ3v) is 3.05. The van der Waals surface area contributed by atoms with E-state index in [0.29, 0.717) is 0 Å². The van der Waals surface area contributed by atoms with Crippen molar-refractivity contribution < 1.29 is 4.39 Å².